The molecule has 0 aliphatic carbocycles. The predicted octanol–water partition coefficient (Wildman–Crippen LogP) is 5.35. The van der Waals surface area contributed by atoms with Crippen LogP contribution in [0, 0.1) is 10.1 Å². The molecule has 46 heavy (non-hydrogen) atoms. The van der Waals surface area contributed by atoms with Crippen molar-refractivity contribution in [2.24, 2.45) is 0 Å². The third-order valence-corrected chi connectivity index (χ3v) is 8.24. The molecule has 0 saturated carbocycles. The van der Waals surface area contributed by atoms with Gasteiger partial charge in [-0.1, -0.05) is 91.0 Å². The highest BCUT2D eigenvalue weighted by molar-refractivity contribution is 7.87. The number of ether oxygens (including phenoxy) is 1. The molecule has 0 radical (unpaired) electrons. The smallest absolute Gasteiger partial charge is 0.408 e. The number of amides is 2. The van der Waals surface area contributed by atoms with Crippen molar-refractivity contribution in [1.29, 1.82) is 0 Å². The quantitative estimate of drug-likeness (QED) is 0.0940. The van der Waals surface area contributed by atoms with E-state index < -0.39 is 44.9 Å². The summed E-state index contributed by atoms with van der Waals surface area (Å²) in [6.45, 7) is 0.0265. The van der Waals surface area contributed by atoms with Gasteiger partial charge in [0.25, 0.3) is 5.69 Å². The maximum Gasteiger partial charge on any atom is 0.408 e. The van der Waals surface area contributed by atoms with Gasteiger partial charge < -0.3 is 19.6 Å². The highest BCUT2D eigenvalue weighted by atomic mass is 32.2. The van der Waals surface area contributed by atoms with Crippen LogP contribution in [0.15, 0.2) is 115 Å². The summed E-state index contributed by atoms with van der Waals surface area (Å²) >= 11 is 0. The Morgan fingerprint density at radius 2 is 1.30 bits per heavy atom. The zero-order chi connectivity index (χ0) is 32.8. The van der Waals surface area contributed by atoms with Gasteiger partial charge in [0.15, 0.2) is 0 Å². The Morgan fingerprint density at radius 1 is 0.739 bits per heavy atom. The zero-order valence-corrected chi connectivity index (χ0v) is 25.8. The van der Waals surface area contributed by atoms with Gasteiger partial charge in [0.05, 0.1) is 10.7 Å². The van der Waals surface area contributed by atoms with Crippen molar-refractivity contribution in [3.8, 4) is 5.75 Å². The molecule has 0 bridgehead atoms. The number of benzene rings is 4. The fraction of sp³-hybridized carbons (Fsp3) is 0.235. The highest BCUT2D eigenvalue weighted by Gasteiger charge is 2.26. The van der Waals surface area contributed by atoms with E-state index in [4.69, 9.17) is 8.92 Å². The van der Waals surface area contributed by atoms with Gasteiger partial charge in [0.1, 0.15) is 18.4 Å². The Morgan fingerprint density at radius 3 is 1.89 bits per heavy atom. The van der Waals surface area contributed by atoms with Gasteiger partial charge >= 0.3 is 16.2 Å². The Bertz CT molecular complexity index is 1670. The second-order valence-electron chi connectivity index (χ2n) is 10.6. The van der Waals surface area contributed by atoms with Crippen LogP contribution < -0.4 is 14.8 Å². The first-order chi connectivity index (χ1) is 22.2. The molecule has 0 saturated heterocycles. The fourth-order valence-electron chi connectivity index (χ4n) is 4.64. The van der Waals surface area contributed by atoms with Crippen LogP contribution in [0.25, 0.3) is 0 Å². The number of nitrogens with one attached hydrogen (secondary N) is 2. The zero-order valence-electron chi connectivity index (χ0n) is 25.0. The highest BCUT2D eigenvalue weighted by Crippen LogP contribution is 2.20. The molecule has 0 aliphatic heterocycles. The van der Waals surface area contributed by atoms with Gasteiger partial charge in [0, 0.05) is 24.6 Å². The largest absolute Gasteiger partial charge is 0.445 e. The molecule has 0 fully saturated rings. The summed E-state index contributed by atoms with van der Waals surface area (Å²) in [4.78, 5) is 36.7. The first-order valence-corrected chi connectivity index (χ1v) is 16.3. The minimum atomic E-state index is -4.11. The average Bonchev–Trinajstić information content (AvgIpc) is 3.06. The number of non-ortho nitro benzene ring substituents is 1. The number of nitro benzene ring substituents is 1. The Labute approximate surface area is 267 Å². The summed E-state index contributed by atoms with van der Waals surface area (Å²) in [5.74, 6) is -0.983. The average molecular weight is 646 g/mol. The third kappa shape index (κ3) is 11.4. The topological polar surface area (TPSA) is 154 Å². The first kappa shape index (κ1) is 33.7. The number of rotatable bonds is 16. The number of alkyl carbamates (subject to hydrolysis) is 1. The van der Waals surface area contributed by atoms with Gasteiger partial charge in [-0.05, 0) is 48.1 Å². The summed E-state index contributed by atoms with van der Waals surface area (Å²) in [5, 5.41) is 16.5. The Hall–Kier alpha value is -5.23. The summed E-state index contributed by atoms with van der Waals surface area (Å²) in [5.41, 5.74) is 2.41. The van der Waals surface area contributed by atoms with Gasteiger partial charge in [-0.15, -0.1) is 0 Å². The van der Waals surface area contributed by atoms with E-state index in [1.165, 1.54) is 12.1 Å². The number of carbonyl (C=O) groups is 2. The monoisotopic (exact) mass is 645 g/mol. The molecule has 4 aromatic rings. The first-order valence-electron chi connectivity index (χ1n) is 14.7. The lowest BCUT2D eigenvalue weighted by molar-refractivity contribution is -0.384. The van der Waals surface area contributed by atoms with Crippen molar-refractivity contribution in [3.63, 3.8) is 0 Å². The van der Waals surface area contributed by atoms with Crippen molar-refractivity contribution in [2.75, 3.05) is 5.75 Å². The van der Waals surface area contributed by atoms with Crippen molar-refractivity contribution in [3.05, 3.63) is 142 Å². The summed E-state index contributed by atoms with van der Waals surface area (Å²) < 4.78 is 36.2. The van der Waals surface area contributed by atoms with Crippen LogP contribution in [-0.4, -0.2) is 43.2 Å². The Kier molecular flexibility index (Phi) is 12.2. The van der Waals surface area contributed by atoms with Crippen molar-refractivity contribution in [2.45, 2.75) is 44.4 Å². The summed E-state index contributed by atoms with van der Waals surface area (Å²) in [7, 11) is -4.11. The molecule has 12 heteroatoms. The SMILES string of the molecule is O=C(N[C@H](Cc1ccccc1)C(=O)N[C@H](CCc1ccccc1)CCS(=O)(=O)Oc1ccc([N+](=O)[O-])cc1)OCc1ccccc1. The molecule has 0 unspecified atom stereocenters. The van der Waals surface area contributed by atoms with Crippen LogP contribution in [0.2, 0.25) is 0 Å². The number of nitrogens with zero attached hydrogens (tertiary/aromatic N) is 1. The number of carbonyl (C=O) groups excluding carboxylic acids is 2. The lowest BCUT2D eigenvalue weighted by Crippen LogP contribution is -2.51. The maximum atomic E-state index is 13.7. The molecule has 11 nitrogen and oxygen atoms in total. The van der Waals surface area contributed by atoms with E-state index in [9.17, 15) is 28.1 Å². The molecule has 0 aromatic heterocycles. The van der Waals surface area contributed by atoms with E-state index in [0.717, 1.165) is 28.8 Å². The fourth-order valence-corrected chi connectivity index (χ4v) is 5.70. The van der Waals surface area contributed by atoms with Crippen LogP contribution in [-0.2, 0) is 39.1 Å². The van der Waals surface area contributed by atoms with Crippen LogP contribution in [0.3, 0.4) is 0 Å². The van der Waals surface area contributed by atoms with Crippen LogP contribution in [0.5, 0.6) is 5.75 Å². The van der Waals surface area contributed by atoms with E-state index in [1.54, 1.807) is 0 Å². The minimum absolute atomic E-state index is 0.0183. The Balaban J connectivity index is 1.45. The van der Waals surface area contributed by atoms with E-state index in [0.29, 0.717) is 12.8 Å². The molecule has 0 spiro atoms. The third-order valence-electron chi connectivity index (χ3n) is 7.06. The van der Waals surface area contributed by atoms with Crippen LogP contribution in [0.1, 0.15) is 29.5 Å². The molecule has 2 N–H and O–H groups in total. The van der Waals surface area contributed by atoms with Crippen molar-refractivity contribution < 1.29 is 31.9 Å². The van der Waals surface area contributed by atoms with E-state index >= 15 is 0 Å². The normalized spacial score (nSPS) is 12.3. The standard InChI is InChI=1S/C34H35N3O8S/c38-33(32(24-27-12-6-2-7-13-27)36-34(39)44-25-28-14-8-3-9-15-28)35-29(17-16-26-10-4-1-5-11-26)22-23-46(42,43)45-31-20-18-30(19-21-31)37(40)41/h1-15,18-21,29,32H,16-17,22-25H2,(H,35,38)(H,36,39)/t29-,32-/m1/s1. The number of hydrogen-bond donors (Lipinski definition) is 2. The number of aryl methyl sites for hydroxylation is 1. The molecule has 2 atom stereocenters. The minimum Gasteiger partial charge on any atom is -0.445 e. The van der Waals surface area contributed by atoms with Gasteiger partial charge in [-0.2, -0.15) is 8.42 Å². The molecule has 240 valence electrons. The van der Waals surface area contributed by atoms with Crippen molar-refractivity contribution >= 4 is 27.8 Å². The molecular weight excluding hydrogens is 610 g/mol. The van der Waals surface area contributed by atoms with E-state index in [2.05, 4.69) is 10.6 Å². The van der Waals surface area contributed by atoms with Gasteiger partial charge in [-0.25, -0.2) is 4.79 Å². The van der Waals surface area contributed by atoms with Gasteiger partial charge in [0.2, 0.25) is 5.91 Å². The predicted molar refractivity (Wildman–Crippen MR) is 173 cm³/mol. The molecule has 0 heterocycles. The molecule has 2 amide bonds. The molecule has 0 aliphatic rings. The summed E-state index contributed by atoms with van der Waals surface area (Å²) in [6.07, 6.45) is 0.411. The van der Waals surface area contributed by atoms with E-state index in [1.807, 2.05) is 91.0 Å². The van der Waals surface area contributed by atoms with Gasteiger partial charge in [-0.3, -0.25) is 14.9 Å². The second-order valence-corrected chi connectivity index (χ2v) is 12.3. The molecule has 4 rings (SSSR count). The lowest BCUT2D eigenvalue weighted by Gasteiger charge is -2.24. The van der Waals surface area contributed by atoms with Crippen LogP contribution >= 0.6 is 0 Å². The van der Waals surface area contributed by atoms with E-state index in [-0.39, 0.29) is 30.9 Å². The number of nitro groups is 1. The van der Waals surface area contributed by atoms with Crippen molar-refractivity contribution in [1.82, 2.24) is 10.6 Å². The number of hydrogen-bond acceptors (Lipinski definition) is 8. The lowest BCUT2D eigenvalue weighted by atomic mass is 10.0. The second kappa shape index (κ2) is 16.7. The van der Waals surface area contributed by atoms with Crippen LogP contribution in [0.4, 0.5) is 10.5 Å². The summed E-state index contributed by atoms with van der Waals surface area (Å²) in [6, 6.07) is 31.0. The molecule has 4 aromatic carbocycles. The molecular formula is C34H35N3O8S. The maximum absolute atomic E-state index is 13.7.